The van der Waals surface area contributed by atoms with Gasteiger partial charge in [0.1, 0.15) is 11.6 Å². The molecule has 3 heterocycles. The third-order valence-corrected chi connectivity index (χ3v) is 7.80. The number of carboxylic acid groups (broad SMARTS) is 1. The third kappa shape index (κ3) is 6.58. The van der Waals surface area contributed by atoms with E-state index in [4.69, 9.17) is 26.2 Å². The molecule has 2 aliphatic heterocycles. The minimum atomic E-state index is -2.92. The number of imidazole rings is 1. The van der Waals surface area contributed by atoms with Gasteiger partial charge in [-0.3, -0.25) is 4.90 Å². The summed E-state index contributed by atoms with van der Waals surface area (Å²) in [4.78, 5) is 17.7. The number of nitrogens with zero attached hydrogens (tertiary/aromatic N) is 3. The lowest BCUT2D eigenvalue weighted by molar-refractivity contribution is -0.160. The van der Waals surface area contributed by atoms with E-state index in [-0.39, 0.29) is 23.0 Å². The van der Waals surface area contributed by atoms with Gasteiger partial charge in [-0.2, -0.15) is 8.78 Å². The van der Waals surface area contributed by atoms with Crippen LogP contribution in [-0.2, 0) is 28.4 Å². The van der Waals surface area contributed by atoms with E-state index >= 15 is 0 Å². The van der Waals surface area contributed by atoms with Gasteiger partial charge in [0.25, 0.3) is 5.79 Å². The number of carboxylic acids is 1. The second-order valence-electron chi connectivity index (χ2n) is 10.6. The molecule has 0 amide bonds. The summed E-state index contributed by atoms with van der Waals surface area (Å²) in [5.41, 5.74) is 1.74. The fraction of sp³-hybridized carbons (Fsp3) is 0.400. The minimum absolute atomic E-state index is 0.0932. The molecular formula is C30H31ClF3N3O5. The molecule has 224 valence electrons. The largest absolute Gasteiger partial charge is 0.478 e. The zero-order valence-electron chi connectivity index (χ0n) is 23.1. The molecule has 1 fully saturated rings. The first-order valence-electron chi connectivity index (χ1n) is 13.6. The number of para-hydroxylation sites is 1. The monoisotopic (exact) mass is 605 g/mol. The van der Waals surface area contributed by atoms with Crippen LogP contribution < -0.4 is 9.47 Å². The van der Waals surface area contributed by atoms with Gasteiger partial charge in [0.05, 0.1) is 36.6 Å². The van der Waals surface area contributed by atoms with Gasteiger partial charge in [0.15, 0.2) is 11.5 Å². The van der Waals surface area contributed by atoms with Crippen molar-refractivity contribution in [3.8, 4) is 11.5 Å². The summed E-state index contributed by atoms with van der Waals surface area (Å²) in [5.74, 6) is -1.01. The van der Waals surface area contributed by atoms with Crippen molar-refractivity contribution < 1.29 is 37.3 Å². The lowest BCUT2D eigenvalue weighted by Gasteiger charge is -2.32. The van der Waals surface area contributed by atoms with Gasteiger partial charge in [-0.1, -0.05) is 23.7 Å². The number of ether oxygens (including phenoxy) is 3. The van der Waals surface area contributed by atoms with Gasteiger partial charge >= 0.3 is 12.6 Å². The number of aliphatic carboxylic acids is 1. The maximum absolute atomic E-state index is 14.8. The summed E-state index contributed by atoms with van der Waals surface area (Å²) < 4.78 is 59.0. The average molecular weight is 606 g/mol. The van der Waals surface area contributed by atoms with Crippen LogP contribution in [0.3, 0.4) is 0 Å². The molecule has 0 aliphatic carbocycles. The van der Waals surface area contributed by atoms with E-state index in [1.54, 1.807) is 23.6 Å². The highest BCUT2D eigenvalue weighted by molar-refractivity contribution is 6.30. The predicted molar refractivity (Wildman–Crippen MR) is 149 cm³/mol. The molecule has 2 atom stereocenters. The molecule has 1 aromatic heterocycles. The van der Waals surface area contributed by atoms with Gasteiger partial charge in [0.2, 0.25) is 0 Å². The fourth-order valence-corrected chi connectivity index (χ4v) is 5.73. The van der Waals surface area contributed by atoms with Crippen molar-refractivity contribution in [1.29, 1.82) is 0 Å². The summed E-state index contributed by atoms with van der Waals surface area (Å²) in [6.07, 6.45) is 4.71. The Labute approximate surface area is 246 Å². The van der Waals surface area contributed by atoms with Crippen LogP contribution in [0.1, 0.15) is 55.3 Å². The SMILES string of the molecule is C[C@@H](Cn1c(/C=C/C(=O)O)cnc1CN1CCC(c2cccc3c2O[C@@](C)(c2ccc(Cl)cc2F)O3)CC1)OC(F)F. The van der Waals surface area contributed by atoms with E-state index in [1.807, 2.05) is 18.2 Å². The Kier molecular flexibility index (Phi) is 8.81. The second-order valence-corrected chi connectivity index (χ2v) is 11.0. The molecule has 2 aliphatic rings. The van der Waals surface area contributed by atoms with Gasteiger partial charge in [0, 0.05) is 23.6 Å². The Bertz CT molecular complexity index is 1470. The number of likely N-dealkylation sites (tertiary alicyclic amines) is 1. The first-order chi connectivity index (χ1) is 20.0. The summed E-state index contributed by atoms with van der Waals surface area (Å²) in [5, 5.41) is 9.32. The maximum atomic E-state index is 14.8. The highest BCUT2D eigenvalue weighted by Gasteiger charge is 2.43. The Hall–Kier alpha value is -3.54. The van der Waals surface area contributed by atoms with E-state index in [1.165, 1.54) is 25.3 Å². The van der Waals surface area contributed by atoms with E-state index in [0.717, 1.165) is 37.6 Å². The molecular weight excluding hydrogens is 575 g/mol. The summed E-state index contributed by atoms with van der Waals surface area (Å²) in [6.45, 7) is 2.30. The number of halogens is 4. The molecule has 0 spiro atoms. The van der Waals surface area contributed by atoms with Crippen molar-refractivity contribution in [3.05, 3.63) is 82.2 Å². The van der Waals surface area contributed by atoms with Crippen LogP contribution in [0.5, 0.6) is 11.5 Å². The Balaban J connectivity index is 1.28. The molecule has 1 saturated heterocycles. The Morgan fingerprint density at radius 3 is 2.71 bits per heavy atom. The molecule has 3 aromatic rings. The topological polar surface area (TPSA) is 86.1 Å². The number of rotatable bonds is 10. The number of hydrogen-bond acceptors (Lipinski definition) is 6. The van der Waals surface area contributed by atoms with Crippen molar-refractivity contribution in [2.24, 2.45) is 0 Å². The van der Waals surface area contributed by atoms with Crippen LogP contribution in [0.4, 0.5) is 13.2 Å². The lowest BCUT2D eigenvalue weighted by Crippen LogP contribution is -2.34. The molecule has 0 unspecified atom stereocenters. The molecule has 0 bridgehead atoms. The van der Waals surface area contributed by atoms with Gasteiger partial charge in [-0.15, -0.1) is 0 Å². The molecule has 8 nitrogen and oxygen atoms in total. The second kappa shape index (κ2) is 12.4. The summed E-state index contributed by atoms with van der Waals surface area (Å²) >= 11 is 5.93. The lowest BCUT2D eigenvalue weighted by atomic mass is 9.88. The molecule has 5 rings (SSSR count). The smallest absolute Gasteiger partial charge is 0.345 e. The predicted octanol–water partition coefficient (Wildman–Crippen LogP) is 6.42. The molecule has 0 radical (unpaired) electrons. The van der Waals surface area contributed by atoms with Crippen molar-refractivity contribution in [3.63, 3.8) is 0 Å². The number of carbonyl (C=O) groups is 1. The number of alkyl halides is 2. The highest BCUT2D eigenvalue weighted by Crippen LogP contribution is 2.49. The first kappa shape index (κ1) is 29.9. The van der Waals surface area contributed by atoms with E-state index in [9.17, 15) is 18.0 Å². The standard InChI is InChI=1S/C30H31ClF3N3O5/c1-18(40-29(33)34)16-37-21(7-9-27(38)39)15-35-26(37)17-36-12-10-19(11-13-36)22-4-3-5-25-28(22)42-30(2,41-25)23-8-6-20(31)14-24(23)32/h3-9,14-15,18-19,29H,10-13,16-17H2,1-2H3,(H,38,39)/b9-7+/t18-,30-/m0/s1. The quantitative estimate of drug-likeness (QED) is 0.267. The van der Waals surface area contributed by atoms with Gasteiger partial charge < -0.3 is 23.9 Å². The van der Waals surface area contributed by atoms with Crippen molar-refractivity contribution in [2.75, 3.05) is 13.1 Å². The number of piperidine rings is 1. The van der Waals surface area contributed by atoms with E-state index < -0.39 is 30.3 Å². The van der Waals surface area contributed by atoms with E-state index in [2.05, 4.69) is 14.6 Å². The van der Waals surface area contributed by atoms with Crippen LogP contribution in [-0.4, -0.2) is 51.3 Å². The van der Waals surface area contributed by atoms with Gasteiger partial charge in [-0.05, 0) is 69.1 Å². The van der Waals surface area contributed by atoms with Crippen molar-refractivity contribution in [2.45, 2.75) is 64.2 Å². The van der Waals surface area contributed by atoms with Crippen LogP contribution in [0.25, 0.3) is 6.08 Å². The third-order valence-electron chi connectivity index (χ3n) is 7.56. The average Bonchev–Trinajstić information content (AvgIpc) is 3.47. The number of aromatic nitrogens is 2. The Morgan fingerprint density at radius 1 is 1.26 bits per heavy atom. The Morgan fingerprint density at radius 2 is 2.02 bits per heavy atom. The van der Waals surface area contributed by atoms with Crippen LogP contribution in [0.2, 0.25) is 5.02 Å². The van der Waals surface area contributed by atoms with Crippen molar-refractivity contribution in [1.82, 2.24) is 14.5 Å². The molecule has 0 saturated carbocycles. The number of hydrogen-bond donors (Lipinski definition) is 1. The maximum Gasteiger partial charge on any atom is 0.345 e. The number of benzene rings is 2. The van der Waals surface area contributed by atoms with Gasteiger partial charge in [-0.25, -0.2) is 14.2 Å². The summed E-state index contributed by atoms with van der Waals surface area (Å²) in [7, 11) is 0. The normalized spacial score (nSPS) is 20.1. The molecule has 1 N–H and O–H groups in total. The van der Waals surface area contributed by atoms with Crippen LogP contribution in [0.15, 0.2) is 48.7 Å². The number of fused-ring (bicyclic) bond motifs is 1. The first-order valence-corrected chi connectivity index (χ1v) is 14.0. The fourth-order valence-electron chi connectivity index (χ4n) is 5.57. The molecule has 2 aromatic carbocycles. The van der Waals surface area contributed by atoms with Crippen LogP contribution in [0, 0.1) is 5.82 Å². The zero-order chi connectivity index (χ0) is 30.0. The van der Waals surface area contributed by atoms with Crippen molar-refractivity contribution >= 4 is 23.6 Å². The highest BCUT2D eigenvalue weighted by atomic mass is 35.5. The zero-order valence-corrected chi connectivity index (χ0v) is 23.9. The van der Waals surface area contributed by atoms with Crippen LogP contribution >= 0.6 is 11.6 Å². The minimum Gasteiger partial charge on any atom is -0.478 e. The molecule has 42 heavy (non-hydrogen) atoms. The summed E-state index contributed by atoms with van der Waals surface area (Å²) in [6, 6.07) is 10.1. The van der Waals surface area contributed by atoms with E-state index in [0.29, 0.717) is 29.6 Å². The molecule has 12 heteroatoms.